The molecule has 0 bridgehead atoms. The van der Waals surface area contributed by atoms with Crippen molar-refractivity contribution < 1.29 is 14.4 Å². The second kappa shape index (κ2) is 4.37. The molecule has 2 heterocycles. The third-order valence-electron chi connectivity index (χ3n) is 4.70. The number of urea groups is 1. The molecule has 6 nitrogen and oxygen atoms in total. The van der Waals surface area contributed by atoms with Gasteiger partial charge in [-0.15, -0.1) is 11.3 Å². The van der Waals surface area contributed by atoms with Gasteiger partial charge in [0.25, 0.3) is 5.91 Å². The molecule has 3 aliphatic rings. The van der Waals surface area contributed by atoms with E-state index < -0.39 is 17.4 Å². The minimum absolute atomic E-state index is 0.388. The van der Waals surface area contributed by atoms with E-state index >= 15 is 0 Å². The Morgan fingerprint density at radius 1 is 1.10 bits per heavy atom. The fraction of sp³-hybridized carbons (Fsp3) is 0.571. The largest absolute Gasteiger partial charge is 0.337 e. The zero-order valence-corrected chi connectivity index (χ0v) is 12.3. The fourth-order valence-corrected chi connectivity index (χ4v) is 4.69. The van der Waals surface area contributed by atoms with Gasteiger partial charge in [0.1, 0.15) is 5.41 Å². The molecule has 2 aliphatic carbocycles. The Hall–Kier alpha value is -1.76. The van der Waals surface area contributed by atoms with Crippen LogP contribution in [0, 0.1) is 5.41 Å². The lowest BCUT2D eigenvalue weighted by atomic mass is 9.82. The lowest BCUT2D eigenvalue weighted by Gasteiger charge is -2.35. The number of barbiturate groups is 1. The third kappa shape index (κ3) is 1.70. The van der Waals surface area contributed by atoms with Crippen molar-refractivity contribution >= 4 is 34.3 Å². The van der Waals surface area contributed by atoms with Crippen LogP contribution in [0.4, 0.5) is 9.93 Å². The van der Waals surface area contributed by atoms with Gasteiger partial charge in [0.15, 0.2) is 0 Å². The van der Waals surface area contributed by atoms with Gasteiger partial charge in [-0.05, 0) is 32.1 Å². The summed E-state index contributed by atoms with van der Waals surface area (Å²) in [6.07, 6.45) is 5.67. The molecular formula is C14H15N3O3S. The van der Waals surface area contributed by atoms with Crippen molar-refractivity contribution in [2.75, 3.05) is 4.90 Å². The van der Waals surface area contributed by atoms with E-state index in [2.05, 4.69) is 10.3 Å². The van der Waals surface area contributed by atoms with Gasteiger partial charge in [0.05, 0.1) is 5.69 Å². The Kier molecular flexibility index (Phi) is 2.69. The Morgan fingerprint density at radius 3 is 2.57 bits per heavy atom. The standard InChI is InChI=1S/C14H15N3O3S/c18-10-14(6-1-2-7-14)11(19)17(12(20)16-10)13-15-8-4-3-5-9(8)21-13/h1-7H2,(H,16,18,20). The van der Waals surface area contributed by atoms with E-state index in [9.17, 15) is 14.4 Å². The predicted molar refractivity (Wildman–Crippen MR) is 76.1 cm³/mol. The summed E-state index contributed by atoms with van der Waals surface area (Å²) in [5.74, 6) is -0.823. The molecule has 1 aromatic rings. The summed E-state index contributed by atoms with van der Waals surface area (Å²) in [5, 5.41) is 2.77. The summed E-state index contributed by atoms with van der Waals surface area (Å²) in [5.41, 5.74) is -0.0581. The maximum Gasteiger partial charge on any atom is 0.337 e. The maximum atomic E-state index is 12.8. The summed E-state index contributed by atoms with van der Waals surface area (Å²) in [4.78, 5) is 43.8. The molecule has 1 spiro atoms. The molecule has 0 atom stereocenters. The molecule has 1 saturated heterocycles. The molecule has 0 unspecified atom stereocenters. The summed E-state index contributed by atoms with van der Waals surface area (Å²) < 4.78 is 0. The van der Waals surface area contributed by atoms with Crippen LogP contribution in [0.3, 0.4) is 0 Å². The van der Waals surface area contributed by atoms with Crippen molar-refractivity contribution in [1.82, 2.24) is 10.3 Å². The molecule has 110 valence electrons. The number of rotatable bonds is 1. The average Bonchev–Trinajstić information content (AvgIpc) is 3.12. The first-order valence-corrected chi connectivity index (χ1v) is 8.12. The number of hydrogen-bond acceptors (Lipinski definition) is 5. The first-order chi connectivity index (χ1) is 10.1. The molecule has 7 heteroatoms. The number of nitrogens with one attached hydrogen (secondary N) is 1. The number of fused-ring (bicyclic) bond motifs is 1. The third-order valence-corrected chi connectivity index (χ3v) is 5.85. The monoisotopic (exact) mass is 305 g/mol. The number of carbonyl (C=O) groups is 3. The molecule has 0 aromatic carbocycles. The second-order valence-electron chi connectivity index (χ2n) is 5.91. The van der Waals surface area contributed by atoms with Crippen molar-refractivity contribution in [2.24, 2.45) is 5.41 Å². The van der Waals surface area contributed by atoms with E-state index in [-0.39, 0.29) is 5.91 Å². The summed E-state index contributed by atoms with van der Waals surface area (Å²) in [6.45, 7) is 0. The van der Waals surface area contributed by atoms with Crippen LogP contribution in [0.2, 0.25) is 0 Å². The number of hydrogen-bond donors (Lipinski definition) is 1. The number of aromatic nitrogens is 1. The number of aryl methyl sites for hydroxylation is 2. The molecule has 0 radical (unpaired) electrons. The van der Waals surface area contributed by atoms with Gasteiger partial charge in [-0.3, -0.25) is 14.9 Å². The number of imide groups is 2. The molecule has 1 aliphatic heterocycles. The molecular weight excluding hydrogens is 290 g/mol. The van der Waals surface area contributed by atoms with Crippen molar-refractivity contribution in [3.8, 4) is 0 Å². The van der Waals surface area contributed by atoms with Crippen molar-refractivity contribution in [2.45, 2.75) is 44.9 Å². The van der Waals surface area contributed by atoms with Crippen molar-refractivity contribution in [3.05, 3.63) is 10.6 Å². The Morgan fingerprint density at radius 2 is 1.86 bits per heavy atom. The lowest BCUT2D eigenvalue weighted by molar-refractivity contribution is -0.142. The van der Waals surface area contributed by atoms with E-state index in [1.54, 1.807) is 0 Å². The van der Waals surface area contributed by atoms with E-state index in [0.717, 1.165) is 47.6 Å². The second-order valence-corrected chi connectivity index (χ2v) is 6.97. The lowest BCUT2D eigenvalue weighted by Crippen LogP contribution is -2.63. The van der Waals surface area contributed by atoms with Crippen molar-refractivity contribution in [3.63, 3.8) is 0 Å². The number of thiazole rings is 1. The van der Waals surface area contributed by atoms with Crippen molar-refractivity contribution in [1.29, 1.82) is 0 Å². The molecule has 4 rings (SSSR count). The highest BCUT2D eigenvalue weighted by molar-refractivity contribution is 7.16. The number of amides is 4. The van der Waals surface area contributed by atoms with E-state index in [1.165, 1.54) is 11.3 Å². The van der Waals surface area contributed by atoms with Gasteiger partial charge in [-0.1, -0.05) is 12.8 Å². The Bertz CT molecular complexity index is 639. The van der Waals surface area contributed by atoms with Gasteiger partial charge in [0, 0.05) is 4.88 Å². The highest BCUT2D eigenvalue weighted by Gasteiger charge is 2.56. The first-order valence-electron chi connectivity index (χ1n) is 7.30. The van der Waals surface area contributed by atoms with E-state index in [0.29, 0.717) is 18.0 Å². The minimum Gasteiger partial charge on any atom is -0.276 e. The quantitative estimate of drug-likeness (QED) is 0.802. The highest BCUT2D eigenvalue weighted by Crippen LogP contribution is 2.44. The molecule has 1 aromatic heterocycles. The van der Waals surface area contributed by atoms with E-state index in [4.69, 9.17) is 0 Å². The van der Waals surface area contributed by atoms with Crippen LogP contribution in [0.1, 0.15) is 42.7 Å². The fourth-order valence-electron chi connectivity index (χ4n) is 3.54. The molecule has 1 saturated carbocycles. The summed E-state index contributed by atoms with van der Waals surface area (Å²) in [7, 11) is 0. The summed E-state index contributed by atoms with van der Waals surface area (Å²) in [6, 6.07) is -0.657. The van der Waals surface area contributed by atoms with Gasteiger partial charge < -0.3 is 0 Å². The van der Waals surface area contributed by atoms with Gasteiger partial charge in [-0.2, -0.15) is 0 Å². The molecule has 2 fully saturated rings. The van der Waals surface area contributed by atoms with Crippen LogP contribution >= 0.6 is 11.3 Å². The topological polar surface area (TPSA) is 79.4 Å². The predicted octanol–water partition coefficient (Wildman–Crippen LogP) is 1.77. The normalized spacial score (nSPS) is 23.8. The molecule has 4 amide bonds. The van der Waals surface area contributed by atoms with Crippen LogP contribution in [-0.2, 0) is 22.4 Å². The Balaban J connectivity index is 1.74. The van der Waals surface area contributed by atoms with Gasteiger partial charge in [0.2, 0.25) is 11.0 Å². The summed E-state index contributed by atoms with van der Waals surface area (Å²) >= 11 is 1.40. The molecule has 1 N–H and O–H groups in total. The van der Waals surface area contributed by atoms with Crippen LogP contribution in [-0.4, -0.2) is 22.8 Å². The molecule has 21 heavy (non-hydrogen) atoms. The van der Waals surface area contributed by atoms with Crippen LogP contribution in [0.5, 0.6) is 0 Å². The maximum absolute atomic E-state index is 12.8. The van der Waals surface area contributed by atoms with E-state index in [1.807, 2.05) is 0 Å². The first kappa shape index (κ1) is 12.9. The van der Waals surface area contributed by atoms with Gasteiger partial charge in [-0.25, -0.2) is 14.7 Å². The highest BCUT2D eigenvalue weighted by atomic mass is 32.1. The van der Waals surface area contributed by atoms with Crippen LogP contribution in [0.25, 0.3) is 0 Å². The van der Waals surface area contributed by atoms with Gasteiger partial charge >= 0.3 is 6.03 Å². The van der Waals surface area contributed by atoms with Crippen LogP contribution in [0.15, 0.2) is 0 Å². The Labute approximate surface area is 125 Å². The zero-order valence-electron chi connectivity index (χ0n) is 11.5. The SMILES string of the molecule is O=C1NC(=O)C2(CCCC2)C(=O)N1c1nc2c(s1)CCC2. The minimum atomic E-state index is -1.05. The number of anilines is 1. The number of nitrogens with zero attached hydrogens (tertiary/aromatic N) is 2. The average molecular weight is 305 g/mol. The number of carbonyl (C=O) groups excluding carboxylic acids is 3. The smallest absolute Gasteiger partial charge is 0.276 e. The zero-order chi connectivity index (χ0) is 14.6. The van der Waals surface area contributed by atoms with Crippen LogP contribution < -0.4 is 10.2 Å².